The summed E-state index contributed by atoms with van der Waals surface area (Å²) in [4.78, 5) is 4.49. The number of aromatic nitrogens is 3. The molecule has 96 valence electrons. The second-order valence-electron chi connectivity index (χ2n) is 4.63. The Labute approximate surface area is 108 Å². The van der Waals surface area contributed by atoms with E-state index in [1.165, 1.54) is 0 Å². The van der Waals surface area contributed by atoms with Gasteiger partial charge >= 0.3 is 0 Å². The molecule has 0 atom stereocenters. The summed E-state index contributed by atoms with van der Waals surface area (Å²) in [5, 5.41) is 4.46. The van der Waals surface area contributed by atoms with E-state index < -0.39 is 0 Å². The molecule has 4 heteroatoms. The minimum atomic E-state index is 0.683. The smallest absolute Gasteiger partial charge is 0.128 e. The Hall–Kier alpha value is -1.84. The number of nitrogens with zero attached hydrogens (tertiary/aromatic N) is 3. The Balaban J connectivity index is 2.38. The molecule has 2 aromatic rings. The second-order valence-corrected chi connectivity index (χ2v) is 4.63. The van der Waals surface area contributed by atoms with Crippen molar-refractivity contribution in [2.24, 2.45) is 0 Å². The summed E-state index contributed by atoms with van der Waals surface area (Å²) < 4.78 is 7.39. The van der Waals surface area contributed by atoms with Crippen molar-refractivity contribution < 1.29 is 4.74 Å². The van der Waals surface area contributed by atoms with E-state index in [0.29, 0.717) is 6.54 Å². The fraction of sp³-hybridized carbons (Fsp3) is 0.429. The van der Waals surface area contributed by atoms with Crippen LogP contribution >= 0.6 is 0 Å². The van der Waals surface area contributed by atoms with Crippen LogP contribution in [0.2, 0.25) is 0 Å². The maximum absolute atomic E-state index is 5.42. The minimum absolute atomic E-state index is 0.683. The number of hydrogen-bond donors (Lipinski definition) is 0. The molecule has 0 aliphatic carbocycles. The van der Waals surface area contributed by atoms with Crippen molar-refractivity contribution in [3.05, 3.63) is 40.5 Å². The lowest BCUT2D eigenvalue weighted by atomic mass is 10.1. The largest absolute Gasteiger partial charge is 0.496 e. The van der Waals surface area contributed by atoms with Crippen LogP contribution in [0.1, 0.15) is 28.2 Å². The summed E-state index contributed by atoms with van der Waals surface area (Å²) in [5.74, 6) is 0.918. The molecule has 2 rings (SSSR count). The van der Waals surface area contributed by atoms with Gasteiger partial charge < -0.3 is 4.74 Å². The third-order valence-corrected chi connectivity index (χ3v) is 3.15. The molecule has 0 aromatic carbocycles. The first-order valence-corrected chi connectivity index (χ1v) is 6.03. The molecule has 0 radical (unpaired) electrons. The van der Waals surface area contributed by atoms with Crippen LogP contribution in [0.25, 0.3) is 0 Å². The number of aryl methyl sites for hydroxylation is 3. The zero-order valence-electron chi connectivity index (χ0n) is 11.6. The van der Waals surface area contributed by atoms with Gasteiger partial charge in [-0.05, 0) is 33.8 Å². The van der Waals surface area contributed by atoms with Crippen molar-refractivity contribution in [1.29, 1.82) is 0 Å². The predicted octanol–water partition coefficient (Wildman–Crippen LogP) is 2.57. The molecule has 0 bridgehead atoms. The van der Waals surface area contributed by atoms with Crippen LogP contribution in [0, 0.1) is 27.7 Å². The summed E-state index contributed by atoms with van der Waals surface area (Å²) in [6, 6.07) is 2.07. The summed E-state index contributed by atoms with van der Waals surface area (Å²) in [6.07, 6.45) is 1.85. The number of rotatable bonds is 3. The van der Waals surface area contributed by atoms with Crippen molar-refractivity contribution in [2.45, 2.75) is 34.2 Å². The highest BCUT2D eigenvalue weighted by atomic mass is 16.5. The van der Waals surface area contributed by atoms with Crippen molar-refractivity contribution in [3.8, 4) is 5.75 Å². The molecule has 0 unspecified atom stereocenters. The Kier molecular flexibility index (Phi) is 3.36. The summed E-state index contributed by atoms with van der Waals surface area (Å²) in [5.41, 5.74) is 5.33. The molecule has 2 heterocycles. The number of ether oxygens (including phenoxy) is 1. The average molecular weight is 245 g/mol. The Morgan fingerprint density at radius 1 is 1.22 bits per heavy atom. The molecule has 0 aliphatic heterocycles. The van der Waals surface area contributed by atoms with Gasteiger partial charge in [0.25, 0.3) is 0 Å². The fourth-order valence-electron chi connectivity index (χ4n) is 2.21. The summed E-state index contributed by atoms with van der Waals surface area (Å²) in [7, 11) is 1.70. The quantitative estimate of drug-likeness (QED) is 0.834. The van der Waals surface area contributed by atoms with Crippen LogP contribution in [0.15, 0.2) is 12.3 Å². The van der Waals surface area contributed by atoms with E-state index in [-0.39, 0.29) is 0 Å². The molecule has 0 aliphatic rings. The standard InChI is InChI=1S/C14H19N3O/c1-9-7-15-13(12(4)14(9)18-5)8-17-11(3)6-10(2)16-17/h6-7H,8H2,1-5H3. The normalized spacial score (nSPS) is 10.7. The van der Waals surface area contributed by atoms with Crippen LogP contribution in [0.3, 0.4) is 0 Å². The van der Waals surface area contributed by atoms with Crippen molar-refractivity contribution in [1.82, 2.24) is 14.8 Å². The highest BCUT2D eigenvalue weighted by molar-refractivity contribution is 5.41. The van der Waals surface area contributed by atoms with Gasteiger partial charge in [-0.15, -0.1) is 0 Å². The van der Waals surface area contributed by atoms with E-state index in [4.69, 9.17) is 4.74 Å². The third-order valence-electron chi connectivity index (χ3n) is 3.15. The van der Waals surface area contributed by atoms with E-state index in [1.54, 1.807) is 7.11 Å². The van der Waals surface area contributed by atoms with Gasteiger partial charge in [-0.25, -0.2) is 0 Å². The van der Waals surface area contributed by atoms with E-state index >= 15 is 0 Å². The first-order valence-electron chi connectivity index (χ1n) is 6.03. The SMILES string of the molecule is COc1c(C)cnc(Cn2nc(C)cc2C)c1C. The molecule has 0 N–H and O–H groups in total. The zero-order chi connectivity index (χ0) is 13.3. The van der Waals surface area contributed by atoms with Crippen LogP contribution in [0.5, 0.6) is 5.75 Å². The molecule has 0 amide bonds. The predicted molar refractivity (Wildman–Crippen MR) is 71.1 cm³/mol. The monoisotopic (exact) mass is 245 g/mol. The average Bonchev–Trinajstić information content (AvgIpc) is 2.62. The van der Waals surface area contributed by atoms with Gasteiger partial charge in [-0.3, -0.25) is 9.67 Å². The van der Waals surface area contributed by atoms with E-state index in [2.05, 4.69) is 23.1 Å². The first kappa shape index (κ1) is 12.6. The van der Waals surface area contributed by atoms with E-state index in [1.807, 2.05) is 31.6 Å². The van der Waals surface area contributed by atoms with Gasteiger partial charge in [0.2, 0.25) is 0 Å². The number of methoxy groups -OCH3 is 1. The lowest BCUT2D eigenvalue weighted by molar-refractivity contribution is 0.406. The van der Waals surface area contributed by atoms with E-state index in [0.717, 1.165) is 34.0 Å². The molecule has 18 heavy (non-hydrogen) atoms. The summed E-state index contributed by atoms with van der Waals surface area (Å²) >= 11 is 0. The van der Waals surface area contributed by atoms with Crippen LogP contribution < -0.4 is 4.74 Å². The van der Waals surface area contributed by atoms with Gasteiger partial charge in [0.1, 0.15) is 5.75 Å². The molecular weight excluding hydrogens is 226 g/mol. The maximum Gasteiger partial charge on any atom is 0.128 e. The van der Waals surface area contributed by atoms with Crippen LogP contribution in [-0.2, 0) is 6.54 Å². The lowest BCUT2D eigenvalue weighted by Gasteiger charge is -2.12. The van der Waals surface area contributed by atoms with Crippen molar-refractivity contribution in [3.63, 3.8) is 0 Å². The third kappa shape index (κ3) is 2.23. The highest BCUT2D eigenvalue weighted by Gasteiger charge is 2.11. The molecule has 0 fully saturated rings. The van der Waals surface area contributed by atoms with Crippen LogP contribution in [0.4, 0.5) is 0 Å². The zero-order valence-corrected chi connectivity index (χ0v) is 11.6. The van der Waals surface area contributed by atoms with E-state index in [9.17, 15) is 0 Å². The Morgan fingerprint density at radius 3 is 2.50 bits per heavy atom. The molecule has 0 spiro atoms. The number of pyridine rings is 1. The number of hydrogen-bond acceptors (Lipinski definition) is 3. The van der Waals surface area contributed by atoms with Crippen LogP contribution in [-0.4, -0.2) is 21.9 Å². The minimum Gasteiger partial charge on any atom is -0.496 e. The Bertz CT molecular complexity index is 573. The maximum atomic E-state index is 5.42. The van der Waals surface area contributed by atoms with Gasteiger partial charge in [-0.2, -0.15) is 5.10 Å². The molecule has 0 saturated carbocycles. The molecular formula is C14H19N3O. The molecule has 0 saturated heterocycles. The van der Waals surface area contributed by atoms with Gasteiger partial charge in [0.05, 0.1) is 25.0 Å². The summed E-state index contributed by atoms with van der Waals surface area (Å²) in [6.45, 7) is 8.79. The first-order chi connectivity index (χ1) is 8.52. The second kappa shape index (κ2) is 4.80. The topological polar surface area (TPSA) is 39.9 Å². The molecule has 4 nitrogen and oxygen atoms in total. The highest BCUT2D eigenvalue weighted by Crippen LogP contribution is 2.24. The van der Waals surface area contributed by atoms with Gasteiger partial charge in [-0.1, -0.05) is 0 Å². The Morgan fingerprint density at radius 2 is 1.94 bits per heavy atom. The van der Waals surface area contributed by atoms with Crippen molar-refractivity contribution >= 4 is 0 Å². The van der Waals surface area contributed by atoms with Crippen molar-refractivity contribution in [2.75, 3.05) is 7.11 Å². The fourth-order valence-corrected chi connectivity index (χ4v) is 2.21. The van der Waals surface area contributed by atoms with Gasteiger partial charge in [0, 0.05) is 23.0 Å². The molecule has 2 aromatic heterocycles. The van der Waals surface area contributed by atoms with Gasteiger partial charge in [0.15, 0.2) is 0 Å². The lowest BCUT2D eigenvalue weighted by Crippen LogP contribution is -2.08.